The average molecular weight is 669 g/mol. The Kier molecular flexibility index (Phi) is 11.6. The highest BCUT2D eigenvalue weighted by atomic mass is 32.1. The van der Waals surface area contributed by atoms with E-state index in [-0.39, 0.29) is 47.1 Å². The van der Waals surface area contributed by atoms with E-state index < -0.39 is 23.7 Å². The molecule has 1 aliphatic heterocycles. The lowest BCUT2D eigenvalue weighted by Crippen LogP contribution is -2.25. The van der Waals surface area contributed by atoms with Crippen LogP contribution in [-0.2, 0) is 20.9 Å². The van der Waals surface area contributed by atoms with Gasteiger partial charge in [-0.15, -0.1) is 11.3 Å². The number of hydrogen-bond acceptors (Lipinski definition) is 9. The van der Waals surface area contributed by atoms with E-state index in [1.165, 1.54) is 17.4 Å². The number of phenolic OH excluding ortho intramolecular Hbond substituents is 2. The fraction of sp³-hybridized carbons (Fsp3) is 0.316. The molecule has 10 heteroatoms. The molecular formula is C38H40N2O7S. The number of esters is 1. The van der Waals surface area contributed by atoms with E-state index in [1.54, 1.807) is 50.6 Å². The molecule has 2 atom stereocenters. The van der Waals surface area contributed by atoms with Gasteiger partial charge in [-0.1, -0.05) is 42.5 Å². The highest BCUT2D eigenvalue weighted by molar-refractivity contribution is 7.13. The molecule has 5 rings (SSSR count). The molecule has 1 aromatic heterocycles. The third kappa shape index (κ3) is 8.68. The number of carbonyl (C=O) groups excluding carboxylic acids is 3. The van der Waals surface area contributed by atoms with Gasteiger partial charge in [-0.25, -0.2) is 9.78 Å². The number of nitrogens with one attached hydrogen (secondary N) is 1. The number of thiazole rings is 1. The van der Waals surface area contributed by atoms with E-state index in [0.717, 1.165) is 16.1 Å². The Balaban J connectivity index is 1.48. The minimum absolute atomic E-state index is 0.0459. The van der Waals surface area contributed by atoms with Crippen molar-refractivity contribution in [2.45, 2.75) is 70.4 Å². The molecule has 0 saturated carbocycles. The first-order valence-electron chi connectivity index (χ1n) is 16.1. The third-order valence-corrected chi connectivity index (χ3v) is 9.23. The molecule has 3 aromatic carbocycles. The van der Waals surface area contributed by atoms with Crippen LogP contribution in [0, 0.1) is 0 Å². The maximum absolute atomic E-state index is 13.6. The van der Waals surface area contributed by atoms with Crippen molar-refractivity contribution in [2.75, 3.05) is 7.11 Å². The maximum Gasteiger partial charge on any atom is 0.342 e. The van der Waals surface area contributed by atoms with Gasteiger partial charge in [-0.05, 0) is 73.6 Å². The fourth-order valence-corrected chi connectivity index (χ4v) is 6.52. The normalized spacial score (nSPS) is 16.3. The number of ketones is 1. The quantitative estimate of drug-likeness (QED) is 0.164. The summed E-state index contributed by atoms with van der Waals surface area (Å²) in [6.07, 6.45) is 7.79. The monoisotopic (exact) mass is 668 g/mol. The van der Waals surface area contributed by atoms with Crippen LogP contribution in [0.1, 0.15) is 90.4 Å². The number of ether oxygens (including phenoxy) is 2. The zero-order valence-electron chi connectivity index (χ0n) is 27.1. The number of fused-ring (bicyclic) bond motifs is 1. The molecule has 4 aromatic rings. The Labute approximate surface area is 284 Å². The summed E-state index contributed by atoms with van der Waals surface area (Å²) in [4.78, 5) is 43.7. The number of aromatic hydroxyl groups is 2. The first-order chi connectivity index (χ1) is 23.2. The molecule has 48 heavy (non-hydrogen) atoms. The summed E-state index contributed by atoms with van der Waals surface area (Å²) in [6, 6.07) is 16.2. The standard InChI is InChI=1S/C38H40N2O7S/c1-24-8-6-13-29(41)12-5-3-4-10-27-21-32(42)35(36(44)34(27)38(45)47-24)31(26-14-16-30(46-2)17-15-26)22-33(43)40-23-25-9-7-11-28(20-25)37-39-18-19-48-37/h4,7,9-11,14-21,24,31,42,44H,3,5-6,8,12-13,22-23H2,1-2H3,(H,40,43)/t24-,31?/m0/s1. The topological polar surface area (TPSA) is 135 Å². The number of phenols is 2. The van der Waals surface area contributed by atoms with E-state index in [9.17, 15) is 24.6 Å². The molecule has 2 heterocycles. The van der Waals surface area contributed by atoms with Crippen molar-refractivity contribution in [1.29, 1.82) is 0 Å². The van der Waals surface area contributed by atoms with Gasteiger partial charge in [0.2, 0.25) is 5.91 Å². The van der Waals surface area contributed by atoms with Crippen LogP contribution in [0.2, 0.25) is 0 Å². The van der Waals surface area contributed by atoms with Crippen molar-refractivity contribution in [3.05, 3.63) is 100 Å². The van der Waals surface area contributed by atoms with E-state index in [2.05, 4.69) is 10.3 Å². The first kappa shape index (κ1) is 34.4. The fourth-order valence-electron chi connectivity index (χ4n) is 5.88. The Morgan fingerprint density at radius 3 is 2.65 bits per heavy atom. The van der Waals surface area contributed by atoms with E-state index in [1.807, 2.05) is 35.7 Å². The summed E-state index contributed by atoms with van der Waals surface area (Å²) in [5, 5.41) is 29.0. The van der Waals surface area contributed by atoms with Crippen LogP contribution >= 0.6 is 11.3 Å². The van der Waals surface area contributed by atoms with Gasteiger partial charge in [0.25, 0.3) is 0 Å². The SMILES string of the molecule is COc1ccc(C(CC(=O)NCc2cccc(-c3nccs3)c2)c2c(O)cc3c(c2O)C(=O)O[C@@H](C)CCCC(=O)CCCC=C3)cc1. The van der Waals surface area contributed by atoms with E-state index in [0.29, 0.717) is 49.8 Å². The van der Waals surface area contributed by atoms with Gasteiger partial charge in [0.05, 0.1) is 13.2 Å². The molecule has 0 saturated heterocycles. The van der Waals surface area contributed by atoms with Crippen LogP contribution < -0.4 is 10.1 Å². The number of benzene rings is 3. The van der Waals surface area contributed by atoms with Gasteiger partial charge >= 0.3 is 5.97 Å². The molecule has 1 unspecified atom stereocenters. The Bertz CT molecular complexity index is 1770. The number of rotatable bonds is 8. The highest BCUT2D eigenvalue weighted by Gasteiger charge is 2.31. The summed E-state index contributed by atoms with van der Waals surface area (Å²) in [5.74, 6) is -1.82. The lowest BCUT2D eigenvalue weighted by Gasteiger charge is -2.23. The summed E-state index contributed by atoms with van der Waals surface area (Å²) in [7, 11) is 1.55. The van der Waals surface area contributed by atoms with Crippen molar-refractivity contribution in [2.24, 2.45) is 0 Å². The largest absolute Gasteiger partial charge is 0.507 e. The predicted octanol–water partition coefficient (Wildman–Crippen LogP) is 7.55. The van der Waals surface area contributed by atoms with Crippen molar-refractivity contribution in [3.63, 3.8) is 0 Å². The molecule has 0 aliphatic carbocycles. The number of cyclic esters (lactones) is 1. The summed E-state index contributed by atoms with van der Waals surface area (Å²) in [6.45, 7) is 2.01. The lowest BCUT2D eigenvalue weighted by molar-refractivity contribution is -0.121. The van der Waals surface area contributed by atoms with Gasteiger partial charge in [-0.2, -0.15) is 0 Å². The number of methoxy groups -OCH3 is 1. The zero-order chi connectivity index (χ0) is 34.0. The molecule has 0 fully saturated rings. The number of aromatic nitrogens is 1. The molecule has 9 nitrogen and oxygen atoms in total. The van der Waals surface area contributed by atoms with E-state index in [4.69, 9.17) is 9.47 Å². The molecule has 3 N–H and O–H groups in total. The van der Waals surface area contributed by atoms with Gasteiger partial charge in [0.15, 0.2) is 0 Å². The maximum atomic E-state index is 13.6. The number of allylic oxidation sites excluding steroid dienone is 1. The highest BCUT2D eigenvalue weighted by Crippen LogP contribution is 2.44. The van der Waals surface area contributed by atoms with Crippen LogP contribution in [0.5, 0.6) is 17.2 Å². The first-order valence-corrected chi connectivity index (χ1v) is 17.0. The van der Waals surface area contributed by atoms with Gasteiger partial charge in [0, 0.05) is 54.4 Å². The predicted molar refractivity (Wildman–Crippen MR) is 185 cm³/mol. The van der Waals surface area contributed by atoms with Crippen molar-refractivity contribution in [1.82, 2.24) is 10.3 Å². The number of Topliss-reactive ketones (excluding diaryl/α,β-unsaturated/α-hetero) is 1. The molecule has 0 bridgehead atoms. The van der Waals surface area contributed by atoms with E-state index >= 15 is 0 Å². The van der Waals surface area contributed by atoms with Gasteiger partial charge in [-0.3, -0.25) is 9.59 Å². The Hall–Kier alpha value is -4.96. The molecular weight excluding hydrogens is 628 g/mol. The lowest BCUT2D eigenvalue weighted by atomic mass is 9.84. The summed E-state index contributed by atoms with van der Waals surface area (Å²) in [5.41, 5.74) is 2.72. The molecule has 0 spiro atoms. The summed E-state index contributed by atoms with van der Waals surface area (Å²) >= 11 is 1.53. The minimum atomic E-state index is -0.823. The second-order valence-corrected chi connectivity index (χ2v) is 12.8. The molecule has 1 aliphatic rings. The second-order valence-electron chi connectivity index (χ2n) is 11.9. The summed E-state index contributed by atoms with van der Waals surface area (Å²) < 4.78 is 11.1. The van der Waals surface area contributed by atoms with Crippen LogP contribution in [0.25, 0.3) is 16.6 Å². The Morgan fingerprint density at radius 1 is 1.10 bits per heavy atom. The average Bonchev–Trinajstić information content (AvgIpc) is 3.62. The molecule has 0 radical (unpaired) electrons. The molecule has 1 amide bonds. The third-order valence-electron chi connectivity index (χ3n) is 8.40. The molecule has 250 valence electrons. The number of nitrogens with zero attached hydrogens (tertiary/aromatic N) is 1. The van der Waals surface area contributed by atoms with Gasteiger partial charge < -0.3 is 25.0 Å². The number of carbonyl (C=O) groups is 3. The van der Waals surface area contributed by atoms with Crippen molar-refractivity contribution in [3.8, 4) is 27.8 Å². The van der Waals surface area contributed by atoms with Crippen LogP contribution in [0.3, 0.4) is 0 Å². The second kappa shape index (κ2) is 16.2. The van der Waals surface area contributed by atoms with Crippen molar-refractivity contribution >= 4 is 35.1 Å². The van der Waals surface area contributed by atoms with Crippen LogP contribution in [0.15, 0.2) is 72.3 Å². The van der Waals surface area contributed by atoms with Crippen LogP contribution in [-0.4, -0.2) is 46.1 Å². The number of hydrogen-bond donors (Lipinski definition) is 3. The smallest absolute Gasteiger partial charge is 0.342 e. The number of amides is 1. The van der Waals surface area contributed by atoms with Gasteiger partial charge in [0.1, 0.15) is 33.6 Å². The zero-order valence-corrected chi connectivity index (χ0v) is 27.9. The van der Waals surface area contributed by atoms with Crippen molar-refractivity contribution < 1.29 is 34.1 Å². The minimum Gasteiger partial charge on any atom is -0.507 e. The Morgan fingerprint density at radius 2 is 1.90 bits per heavy atom. The van der Waals surface area contributed by atoms with Crippen LogP contribution in [0.4, 0.5) is 0 Å².